The van der Waals surface area contributed by atoms with Gasteiger partial charge in [-0.1, -0.05) is 6.07 Å². The number of rotatable bonds is 3. The molecule has 0 aliphatic heterocycles. The summed E-state index contributed by atoms with van der Waals surface area (Å²) in [4.78, 5) is 15.2. The summed E-state index contributed by atoms with van der Waals surface area (Å²) in [6, 6.07) is 5.99. The van der Waals surface area contributed by atoms with Crippen molar-refractivity contribution >= 4 is 5.97 Å². The van der Waals surface area contributed by atoms with Gasteiger partial charge in [-0.25, -0.2) is 14.5 Å². The molecule has 1 heterocycles. The fraction of sp³-hybridized carbons (Fsp3) is 0.357. The molecular formula is C14H15N3O2. The van der Waals surface area contributed by atoms with Gasteiger partial charge in [-0.2, -0.15) is 0 Å². The van der Waals surface area contributed by atoms with E-state index in [2.05, 4.69) is 10.1 Å². The number of carboxylic acid groups (broad SMARTS) is 1. The van der Waals surface area contributed by atoms with E-state index in [0.717, 1.165) is 29.9 Å². The molecule has 98 valence electrons. The SMILES string of the molecule is Cc1ccc(-n2nc(C(=O)O)nc2C2CC2)cc1C. The van der Waals surface area contributed by atoms with Crippen LogP contribution < -0.4 is 0 Å². The first-order valence-electron chi connectivity index (χ1n) is 6.34. The molecule has 1 aliphatic carbocycles. The highest BCUT2D eigenvalue weighted by molar-refractivity contribution is 5.83. The van der Waals surface area contributed by atoms with E-state index in [1.165, 1.54) is 5.56 Å². The molecular weight excluding hydrogens is 242 g/mol. The number of aryl methyl sites for hydroxylation is 2. The van der Waals surface area contributed by atoms with Crippen LogP contribution in [-0.4, -0.2) is 25.8 Å². The Balaban J connectivity index is 2.12. The number of carbonyl (C=O) groups is 1. The quantitative estimate of drug-likeness (QED) is 0.917. The van der Waals surface area contributed by atoms with E-state index in [9.17, 15) is 4.79 Å². The molecule has 5 nitrogen and oxygen atoms in total. The standard InChI is InChI=1S/C14H15N3O2/c1-8-3-6-11(7-9(8)2)17-13(10-4-5-10)15-12(16-17)14(18)19/h3,6-7,10H,4-5H2,1-2H3,(H,18,19). The average molecular weight is 257 g/mol. The molecule has 3 rings (SSSR count). The number of aromatic carboxylic acids is 1. The van der Waals surface area contributed by atoms with Crippen LogP contribution >= 0.6 is 0 Å². The summed E-state index contributed by atoms with van der Waals surface area (Å²) < 4.78 is 1.67. The Labute approximate surface area is 110 Å². The van der Waals surface area contributed by atoms with Crippen LogP contribution in [0.25, 0.3) is 5.69 Å². The van der Waals surface area contributed by atoms with Gasteiger partial charge < -0.3 is 5.11 Å². The van der Waals surface area contributed by atoms with Crippen molar-refractivity contribution in [3.05, 3.63) is 41.0 Å². The van der Waals surface area contributed by atoms with Crippen LogP contribution in [0, 0.1) is 13.8 Å². The van der Waals surface area contributed by atoms with Crippen molar-refractivity contribution in [1.29, 1.82) is 0 Å². The van der Waals surface area contributed by atoms with Crippen LogP contribution in [0.2, 0.25) is 0 Å². The van der Waals surface area contributed by atoms with Crippen molar-refractivity contribution in [2.75, 3.05) is 0 Å². The Bertz CT molecular complexity index is 657. The maximum absolute atomic E-state index is 11.0. The number of aromatic nitrogens is 3. The zero-order valence-corrected chi connectivity index (χ0v) is 10.9. The summed E-state index contributed by atoms with van der Waals surface area (Å²) >= 11 is 0. The molecule has 1 saturated carbocycles. The highest BCUT2D eigenvalue weighted by Crippen LogP contribution is 2.39. The van der Waals surface area contributed by atoms with Gasteiger partial charge in [-0.15, -0.1) is 5.10 Å². The predicted molar refractivity (Wildman–Crippen MR) is 69.8 cm³/mol. The Morgan fingerprint density at radius 2 is 2.05 bits per heavy atom. The molecule has 1 aliphatic rings. The van der Waals surface area contributed by atoms with Gasteiger partial charge in [0.05, 0.1) is 5.69 Å². The Hall–Kier alpha value is -2.17. The monoisotopic (exact) mass is 257 g/mol. The molecule has 19 heavy (non-hydrogen) atoms. The predicted octanol–water partition coefficient (Wildman–Crippen LogP) is 2.46. The van der Waals surface area contributed by atoms with E-state index in [1.807, 2.05) is 32.0 Å². The molecule has 0 bridgehead atoms. The lowest BCUT2D eigenvalue weighted by Gasteiger charge is -2.07. The van der Waals surface area contributed by atoms with Gasteiger partial charge in [0, 0.05) is 5.92 Å². The summed E-state index contributed by atoms with van der Waals surface area (Å²) in [5.74, 6) is -0.0903. The Kier molecular flexibility index (Phi) is 2.62. The third-order valence-electron chi connectivity index (χ3n) is 3.50. The number of carboxylic acids is 1. The minimum Gasteiger partial charge on any atom is -0.475 e. The first-order chi connectivity index (χ1) is 9.06. The van der Waals surface area contributed by atoms with Crippen LogP contribution in [0.4, 0.5) is 0 Å². The molecule has 1 fully saturated rings. The van der Waals surface area contributed by atoms with Gasteiger partial charge in [-0.05, 0) is 49.9 Å². The smallest absolute Gasteiger partial charge is 0.375 e. The third-order valence-corrected chi connectivity index (χ3v) is 3.50. The zero-order valence-electron chi connectivity index (χ0n) is 10.9. The molecule has 0 unspecified atom stereocenters. The van der Waals surface area contributed by atoms with Crippen molar-refractivity contribution < 1.29 is 9.90 Å². The maximum atomic E-state index is 11.0. The summed E-state index contributed by atoms with van der Waals surface area (Å²) in [5.41, 5.74) is 3.24. The van der Waals surface area contributed by atoms with E-state index in [0.29, 0.717) is 5.92 Å². The molecule has 0 radical (unpaired) electrons. The normalized spacial score (nSPS) is 14.6. The highest BCUT2D eigenvalue weighted by Gasteiger charge is 2.31. The number of hydrogen-bond acceptors (Lipinski definition) is 3. The second kappa shape index (κ2) is 4.19. The number of hydrogen-bond donors (Lipinski definition) is 1. The highest BCUT2D eigenvalue weighted by atomic mass is 16.4. The summed E-state index contributed by atoms with van der Waals surface area (Å²) in [5, 5.41) is 13.2. The maximum Gasteiger partial charge on any atom is 0.375 e. The lowest BCUT2D eigenvalue weighted by molar-refractivity contribution is 0.0683. The van der Waals surface area contributed by atoms with Gasteiger partial charge in [0.15, 0.2) is 0 Å². The minimum absolute atomic E-state index is 0.125. The van der Waals surface area contributed by atoms with Crippen molar-refractivity contribution in [2.24, 2.45) is 0 Å². The molecule has 1 aromatic carbocycles. The summed E-state index contributed by atoms with van der Waals surface area (Å²) in [6.45, 7) is 4.08. The molecule has 1 N–H and O–H groups in total. The van der Waals surface area contributed by atoms with E-state index in [-0.39, 0.29) is 5.82 Å². The Morgan fingerprint density at radius 3 is 2.63 bits per heavy atom. The largest absolute Gasteiger partial charge is 0.475 e. The first-order valence-corrected chi connectivity index (χ1v) is 6.34. The minimum atomic E-state index is -1.08. The van der Waals surface area contributed by atoms with E-state index in [1.54, 1.807) is 4.68 Å². The van der Waals surface area contributed by atoms with E-state index in [4.69, 9.17) is 5.11 Å². The number of benzene rings is 1. The Morgan fingerprint density at radius 1 is 1.32 bits per heavy atom. The van der Waals surface area contributed by atoms with Crippen molar-refractivity contribution in [1.82, 2.24) is 14.8 Å². The fourth-order valence-corrected chi connectivity index (χ4v) is 2.07. The second-order valence-corrected chi connectivity index (χ2v) is 5.05. The molecule has 1 aromatic heterocycles. The van der Waals surface area contributed by atoms with Gasteiger partial charge in [0.25, 0.3) is 5.82 Å². The van der Waals surface area contributed by atoms with E-state index >= 15 is 0 Å². The zero-order chi connectivity index (χ0) is 13.6. The first kappa shape index (κ1) is 11.9. The van der Waals surface area contributed by atoms with Gasteiger partial charge >= 0.3 is 5.97 Å². The third kappa shape index (κ3) is 2.12. The van der Waals surface area contributed by atoms with Crippen molar-refractivity contribution in [3.63, 3.8) is 0 Å². The van der Waals surface area contributed by atoms with Crippen LogP contribution in [0.3, 0.4) is 0 Å². The van der Waals surface area contributed by atoms with Gasteiger partial charge in [-0.3, -0.25) is 0 Å². The topological polar surface area (TPSA) is 68.0 Å². The van der Waals surface area contributed by atoms with Crippen LogP contribution in [0.5, 0.6) is 0 Å². The fourth-order valence-electron chi connectivity index (χ4n) is 2.07. The molecule has 0 spiro atoms. The van der Waals surface area contributed by atoms with Gasteiger partial charge in [0.1, 0.15) is 5.82 Å². The average Bonchev–Trinajstić information content (AvgIpc) is 3.11. The molecule has 5 heteroatoms. The summed E-state index contributed by atoms with van der Waals surface area (Å²) in [7, 11) is 0. The van der Waals surface area contributed by atoms with Crippen molar-refractivity contribution in [3.8, 4) is 5.69 Å². The second-order valence-electron chi connectivity index (χ2n) is 5.05. The van der Waals surface area contributed by atoms with Crippen LogP contribution in [0.1, 0.15) is 46.3 Å². The number of nitrogens with zero attached hydrogens (tertiary/aromatic N) is 3. The van der Waals surface area contributed by atoms with E-state index < -0.39 is 5.97 Å². The van der Waals surface area contributed by atoms with Gasteiger partial charge in [0.2, 0.25) is 0 Å². The molecule has 2 aromatic rings. The lowest BCUT2D eigenvalue weighted by Crippen LogP contribution is -2.04. The molecule has 0 atom stereocenters. The van der Waals surface area contributed by atoms with Crippen LogP contribution in [0.15, 0.2) is 18.2 Å². The molecule has 0 saturated heterocycles. The van der Waals surface area contributed by atoms with Crippen LogP contribution in [-0.2, 0) is 0 Å². The lowest BCUT2D eigenvalue weighted by atomic mass is 10.1. The summed E-state index contributed by atoms with van der Waals surface area (Å²) in [6.07, 6.45) is 2.12. The van der Waals surface area contributed by atoms with Crippen molar-refractivity contribution in [2.45, 2.75) is 32.6 Å². The molecule has 0 amide bonds.